The van der Waals surface area contributed by atoms with Crippen molar-refractivity contribution in [2.24, 2.45) is 0 Å². The fourth-order valence-corrected chi connectivity index (χ4v) is 2.86. The fourth-order valence-electron chi connectivity index (χ4n) is 2.86. The summed E-state index contributed by atoms with van der Waals surface area (Å²) in [7, 11) is 0. The Morgan fingerprint density at radius 3 is 2.75 bits per heavy atom. The molecule has 0 unspecified atom stereocenters. The number of nitrogens with zero attached hydrogens (tertiary/aromatic N) is 2. The highest BCUT2D eigenvalue weighted by molar-refractivity contribution is 5.87. The first-order valence-electron chi connectivity index (χ1n) is 8.45. The van der Waals surface area contributed by atoms with Crippen molar-refractivity contribution in [2.45, 2.75) is 64.0 Å². The Balaban J connectivity index is 1.56. The van der Waals surface area contributed by atoms with Crippen molar-refractivity contribution < 1.29 is 23.5 Å². The van der Waals surface area contributed by atoms with Crippen LogP contribution in [0.15, 0.2) is 10.8 Å². The van der Waals surface area contributed by atoms with Crippen LogP contribution in [0, 0.1) is 0 Å². The van der Waals surface area contributed by atoms with E-state index in [1.165, 1.54) is 6.39 Å². The van der Waals surface area contributed by atoms with Crippen LogP contribution >= 0.6 is 0 Å². The van der Waals surface area contributed by atoms with Gasteiger partial charge in [0.15, 0.2) is 6.39 Å². The van der Waals surface area contributed by atoms with E-state index >= 15 is 0 Å². The van der Waals surface area contributed by atoms with Crippen molar-refractivity contribution in [1.82, 2.24) is 9.88 Å². The maximum atomic E-state index is 12.2. The number of hydrogen-bond donors (Lipinski definition) is 0. The summed E-state index contributed by atoms with van der Waals surface area (Å²) in [5, 5.41) is 0. The van der Waals surface area contributed by atoms with Crippen LogP contribution in [0.4, 0.5) is 4.79 Å². The van der Waals surface area contributed by atoms with Crippen molar-refractivity contribution in [3.05, 3.63) is 17.8 Å². The summed E-state index contributed by atoms with van der Waals surface area (Å²) in [5.41, 5.74) is 0.148. The minimum atomic E-state index is -0.542. The number of esters is 1. The molecule has 0 spiro atoms. The molecule has 0 N–H and O–H groups in total. The minimum absolute atomic E-state index is 0.142. The normalized spacial score (nSPS) is 21.0. The van der Waals surface area contributed by atoms with Gasteiger partial charge in [0.05, 0.1) is 11.7 Å². The molecule has 1 atom stereocenters. The number of aromatic nitrogens is 1. The molecule has 132 valence electrons. The van der Waals surface area contributed by atoms with Gasteiger partial charge in [-0.15, -0.1) is 0 Å². The lowest BCUT2D eigenvalue weighted by molar-refractivity contribution is 0.00970. The second kappa shape index (κ2) is 6.45. The Morgan fingerprint density at radius 1 is 1.33 bits per heavy atom. The van der Waals surface area contributed by atoms with Crippen LogP contribution < -0.4 is 0 Å². The highest BCUT2D eigenvalue weighted by atomic mass is 16.6. The van der Waals surface area contributed by atoms with Crippen molar-refractivity contribution in [3.8, 4) is 0 Å². The molecule has 1 saturated carbocycles. The van der Waals surface area contributed by atoms with Gasteiger partial charge in [-0.05, 0) is 46.5 Å². The maximum Gasteiger partial charge on any atom is 0.410 e. The third-order valence-electron chi connectivity index (χ3n) is 4.16. The number of oxazole rings is 1. The average Bonchev–Trinajstić information content (AvgIpc) is 3.04. The van der Waals surface area contributed by atoms with Gasteiger partial charge in [0.2, 0.25) is 5.76 Å². The third kappa shape index (κ3) is 3.88. The van der Waals surface area contributed by atoms with Gasteiger partial charge in [0.1, 0.15) is 12.2 Å². The quantitative estimate of drug-likeness (QED) is 0.786. The Hall–Kier alpha value is -2.05. The van der Waals surface area contributed by atoms with E-state index in [1.807, 2.05) is 20.8 Å². The maximum absolute atomic E-state index is 12.2. The van der Waals surface area contributed by atoms with E-state index in [2.05, 4.69) is 4.98 Å². The fraction of sp³-hybridized carbons (Fsp3) is 0.706. The summed E-state index contributed by atoms with van der Waals surface area (Å²) >= 11 is 0. The summed E-state index contributed by atoms with van der Waals surface area (Å²) < 4.78 is 16.0. The topological polar surface area (TPSA) is 81.9 Å². The molecule has 3 rings (SSSR count). The van der Waals surface area contributed by atoms with Gasteiger partial charge >= 0.3 is 12.1 Å². The number of rotatable bonds is 4. The molecule has 1 aromatic rings. The summed E-state index contributed by atoms with van der Waals surface area (Å²) in [5.74, 6) is 0.000737. The largest absolute Gasteiger partial charge is 0.458 e. The van der Waals surface area contributed by atoms with Crippen LogP contribution in [-0.4, -0.2) is 46.7 Å². The highest BCUT2D eigenvalue weighted by Gasteiger charge is 2.35. The molecule has 1 amide bonds. The lowest BCUT2D eigenvalue weighted by Crippen LogP contribution is -2.42. The van der Waals surface area contributed by atoms with Gasteiger partial charge in [0, 0.05) is 12.5 Å². The van der Waals surface area contributed by atoms with E-state index in [0.717, 1.165) is 25.7 Å². The molecule has 2 heterocycles. The SMILES string of the molecule is CC(C)(C)OC(=O)N1CCC[C@@H]1COC(=O)c1ocnc1C1CC1. The predicted octanol–water partition coefficient (Wildman–Crippen LogP) is 3.11. The second-order valence-electron chi connectivity index (χ2n) is 7.41. The molecule has 1 aliphatic carbocycles. The summed E-state index contributed by atoms with van der Waals surface area (Å²) in [4.78, 5) is 30.2. The zero-order valence-corrected chi connectivity index (χ0v) is 14.4. The standard InChI is InChI=1S/C17H24N2O5/c1-17(2,3)24-16(21)19-8-4-5-12(19)9-22-15(20)14-13(11-6-7-11)18-10-23-14/h10-12H,4-9H2,1-3H3/t12-/m1/s1. The van der Waals surface area contributed by atoms with Crippen LogP contribution in [0.2, 0.25) is 0 Å². The molecule has 2 fully saturated rings. The number of hydrogen-bond acceptors (Lipinski definition) is 6. The molecule has 0 radical (unpaired) electrons. The Morgan fingerprint density at radius 2 is 2.08 bits per heavy atom. The first-order valence-corrected chi connectivity index (χ1v) is 8.45. The van der Waals surface area contributed by atoms with E-state index in [-0.39, 0.29) is 24.5 Å². The molecule has 1 saturated heterocycles. The molecule has 7 nitrogen and oxygen atoms in total. The van der Waals surface area contributed by atoms with Crippen molar-refractivity contribution in [2.75, 3.05) is 13.2 Å². The first-order chi connectivity index (χ1) is 11.3. The van der Waals surface area contributed by atoms with Gasteiger partial charge in [-0.25, -0.2) is 14.6 Å². The Bertz CT molecular complexity index is 615. The lowest BCUT2D eigenvalue weighted by atomic mass is 10.2. The monoisotopic (exact) mass is 336 g/mol. The highest BCUT2D eigenvalue weighted by Crippen LogP contribution is 2.40. The van der Waals surface area contributed by atoms with E-state index < -0.39 is 11.6 Å². The molecule has 1 aliphatic heterocycles. The Labute approximate surface area is 141 Å². The molecule has 0 aromatic carbocycles. The summed E-state index contributed by atoms with van der Waals surface area (Å²) in [6, 6.07) is -0.156. The molecule has 7 heteroatoms. The third-order valence-corrected chi connectivity index (χ3v) is 4.16. The number of amides is 1. The molecular formula is C17H24N2O5. The zero-order chi connectivity index (χ0) is 17.3. The molecule has 2 aliphatic rings. The van der Waals surface area contributed by atoms with Crippen LogP contribution in [0.5, 0.6) is 0 Å². The minimum Gasteiger partial charge on any atom is -0.458 e. The van der Waals surface area contributed by atoms with E-state index in [9.17, 15) is 9.59 Å². The smallest absolute Gasteiger partial charge is 0.410 e. The van der Waals surface area contributed by atoms with Crippen LogP contribution in [-0.2, 0) is 9.47 Å². The number of carbonyl (C=O) groups is 2. The number of likely N-dealkylation sites (tertiary alicyclic amines) is 1. The first kappa shape index (κ1) is 16.8. The van der Waals surface area contributed by atoms with Gasteiger partial charge in [-0.3, -0.25) is 0 Å². The van der Waals surface area contributed by atoms with Gasteiger partial charge < -0.3 is 18.8 Å². The average molecular weight is 336 g/mol. The second-order valence-corrected chi connectivity index (χ2v) is 7.41. The lowest BCUT2D eigenvalue weighted by Gasteiger charge is -2.28. The van der Waals surface area contributed by atoms with Crippen molar-refractivity contribution in [3.63, 3.8) is 0 Å². The molecule has 1 aromatic heterocycles. The predicted molar refractivity (Wildman–Crippen MR) is 84.7 cm³/mol. The number of carbonyl (C=O) groups excluding carboxylic acids is 2. The summed E-state index contributed by atoms with van der Waals surface area (Å²) in [6.07, 6.45) is 4.64. The molecular weight excluding hydrogens is 312 g/mol. The van der Waals surface area contributed by atoms with Gasteiger partial charge in [0.25, 0.3) is 0 Å². The van der Waals surface area contributed by atoms with Gasteiger partial charge in [-0.1, -0.05) is 0 Å². The van der Waals surface area contributed by atoms with Gasteiger partial charge in [-0.2, -0.15) is 0 Å². The molecule has 0 bridgehead atoms. The Kier molecular flexibility index (Phi) is 4.51. The molecule has 24 heavy (non-hydrogen) atoms. The van der Waals surface area contributed by atoms with Crippen molar-refractivity contribution in [1.29, 1.82) is 0 Å². The zero-order valence-electron chi connectivity index (χ0n) is 14.4. The van der Waals surface area contributed by atoms with E-state index in [1.54, 1.807) is 4.90 Å². The number of ether oxygens (including phenoxy) is 2. The van der Waals surface area contributed by atoms with Crippen LogP contribution in [0.3, 0.4) is 0 Å². The van der Waals surface area contributed by atoms with E-state index in [4.69, 9.17) is 13.9 Å². The van der Waals surface area contributed by atoms with Crippen LogP contribution in [0.25, 0.3) is 0 Å². The van der Waals surface area contributed by atoms with Crippen molar-refractivity contribution >= 4 is 12.1 Å². The van der Waals surface area contributed by atoms with E-state index in [0.29, 0.717) is 18.2 Å². The van der Waals surface area contributed by atoms with Crippen LogP contribution in [0.1, 0.15) is 68.6 Å². The summed E-state index contributed by atoms with van der Waals surface area (Å²) in [6.45, 7) is 6.26.